The smallest absolute Gasteiger partial charge is 0.491 e. The van der Waals surface area contributed by atoms with Gasteiger partial charge in [0, 0.05) is 17.7 Å². The van der Waals surface area contributed by atoms with E-state index in [9.17, 15) is 0 Å². The Morgan fingerprint density at radius 1 is 1.19 bits per heavy atom. The molecular formula is C15H22BNO4. The number of hydrogen-bond donors (Lipinski definition) is 0. The molecule has 0 spiro atoms. The van der Waals surface area contributed by atoms with Crippen LogP contribution in [0.1, 0.15) is 40.5 Å². The Morgan fingerprint density at radius 3 is 2.33 bits per heavy atom. The third-order valence-electron chi connectivity index (χ3n) is 4.40. The lowest BCUT2D eigenvalue weighted by atomic mass is 9.79. The number of nitrogens with zero attached hydrogens (tertiary/aromatic N) is 1. The molecule has 1 aromatic heterocycles. The van der Waals surface area contributed by atoms with Gasteiger partial charge in [0.25, 0.3) is 0 Å². The van der Waals surface area contributed by atoms with Crippen molar-refractivity contribution in [2.24, 2.45) is 0 Å². The highest BCUT2D eigenvalue weighted by Gasteiger charge is 2.52. The molecule has 1 aliphatic carbocycles. The van der Waals surface area contributed by atoms with Crippen molar-refractivity contribution in [3.63, 3.8) is 0 Å². The van der Waals surface area contributed by atoms with Gasteiger partial charge in [-0.3, -0.25) is 0 Å². The van der Waals surface area contributed by atoms with Crippen LogP contribution in [0.4, 0.5) is 0 Å². The fourth-order valence-corrected chi connectivity index (χ4v) is 2.16. The largest absolute Gasteiger partial charge is 0.500 e. The molecule has 0 unspecified atom stereocenters. The Bertz CT molecular complexity index is 526. The first-order chi connectivity index (χ1) is 9.82. The number of rotatable bonds is 4. The van der Waals surface area contributed by atoms with Crippen LogP contribution in [0, 0.1) is 0 Å². The first-order valence-electron chi connectivity index (χ1n) is 7.38. The highest BCUT2D eigenvalue weighted by atomic mass is 16.7. The SMILES string of the molecule is COc1cc(OC2CC2)c(B2OC(C)(C)C(C)(C)O2)cn1. The molecule has 6 heteroatoms. The summed E-state index contributed by atoms with van der Waals surface area (Å²) in [5.74, 6) is 1.27. The summed E-state index contributed by atoms with van der Waals surface area (Å²) in [6, 6.07) is 1.80. The maximum Gasteiger partial charge on any atom is 0.500 e. The van der Waals surface area contributed by atoms with Crippen LogP contribution < -0.4 is 14.9 Å². The lowest BCUT2D eigenvalue weighted by Gasteiger charge is -2.32. The molecule has 1 aromatic rings. The molecule has 5 nitrogen and oxygen atoms in total. The Balaban J connectivity index is 1.91. The van der Waals surface area contributed by atoms with Gasteiger partial charge in [0.15, 0.2) is 0 Å². The molecule has 0 N–H and O–H groups in total. The number of ether oxygens (including phenoxy) is 2. The molecule has 114 valence electrons. The molecular weight excluding hydrogens is 269 g/mol. The lowest BCUT2D eigenvalue weighted by Crippen LogP contribution is -2.41. The summed E-state index contributed by atoms with van der Waals surface area (Å²) in [6.45, 7) is 8.13. The predicted octanol–water partition coefficient (Wildman–Crippen LogP) is 1.93. The van der Waals surface area contributed by atoms with Gasteiger partial charge in [0.2, 0.25) is 5.88 Å². The van der Waals surface area contributed by atoms with Gasteiger partial charge in [-0.2, -0.15) is 0 Å². The van der Waals surface area contributed by atoms with Crippen LogP contribution in [-0.2, 0) is 9.31 Å². The van der Waals surface area contributed by atoms with Gasteiger partial charge in [0.1, 0.15) is 5.75 Å². The number of hydrogen-bond acceptors (Lipinski definition) is 5. The summed E-state index contributed by atoms with van der Waals surface area (Å²) >= 11 is 0. The molecule has 0 radical (unpaired) electrons. The van der Waals surface area contributed by atoms with E-state index in [0.29, 0.717) is 12.0 Å². The molecule has 3 rings (SSSR count). The minimum absolute atomic E-state index is 0.290. The van der Waals surface area contributed by atoms with E-state index in [1.807, 2.05) is 27.7 Å². The van der Waals surface area contributed by atoms with Crippen molar-refractivity contribution in [2.75, 3.05) is 7.11 Å². The van der Waals surface area contributed by atoms with Crippen molar-refractivity contribution in [1.29, 1.82) is 0 Å². The predicted molar refractivity (Wildman–Crippen MR) is 80.2 cm³/mol. The summed E-state index contributed by atoms with van der Waals surface area (Å²) in [7, 11) is 1.12. The van der Waals surface area contributed by atoms with Crippen LogP contribution >= 0.6 is 0 Å². The van der Waals surface area contributed by atoms with Crippen LogP contribution in [0.2, 0.25) is 0 Å². The normalized spacial score (nSPS) is 23.2. The van der Waals surface area contributed by atoms with Crippen molar-refractivity contribution in [1.82, 2.24) is 4.98 Å². The van der Waals surface area contributed by atoms with E-state index < -0.39 is 7.12 Å². The standard InChI is InChI=1S/C15H22BNO4/c1-14(2)15(3,4)21-16(20-14)11-9-17-13(18-5)8-12(11)19-10-6-7-10/h8-10H,6-7H2,1-5H3. The van der Waals surface area contributed by atoms with Gasteiger partial charge >= 0.3 is 7.12 Å². The van der Waals surface area contributed by atoms with Crippen LogP contribution in [0.25, 0.3) is 0 Å². The zero-order valence-corrected chi connectivity index (χ0v) is 13.3. The molecule has 21 heavy (non-hydrogen) atoms. The van der Waals surface area contributed by atoms with Crippen LogP contribution in [-0.4, -0.2) is 36.5 Å². The molecule has 1 aliphatic heterocycles. The summed E-state index contributed by atoms with van der Waals surface area (Å²) in [5, 5.41) is 0. The highest BCUT2D eigenvalue weighted by molar-refractivity contribution is 6.63. The molecule has 1 saturated carbocycles. The van der Waals surface area contributed by atoms with E-state index in [-0.39, 0.29) is 11.2 Å². The highest BCUT2D eigenvalue weighted by Crippen LogP contribution is 2.37. The van der Waals surface area contributed by atoms with Gasteiger partial charge < -0.3 is 18.8 Å². The molecule has 0 bridgehead atoms. The van der Waals surface area contributed by atoms with Crippen molar-refractivity contribution < 1.29 is 18.8 Å². The molecule has 0 atom stereocenters. The Labute approximate surface area is 126 Å². The van der Waals surface area contributed by atoms with Crippen LogP contribution in [0.5, 0.6) is 11.6 Å². The summed E-state index contributed by atoms with van der Waals surface area (Å²) in [5.41, 5.74) is 0.0597. The Kier molecular flexibility index (Phi) is 3.41. The van der Waals surface area contributed by atoms with E-state index >= 15 is 0 Å². The summed E-state index contributed by atoms with van der Waals surface area (Å²) < 4.78 is 23.3. The average molecular weight is 291 g/mol. The van der Waals surface area contributed by atoms with Gasteiger partial charge in [-0.15, -0.1) is 0 Å². The van der Waals surface area contributed by atoms with Crippen molar-refractivity contribution >= 4 is 12.6 Å². The van der Waals surface area contributed by atoms with E-state index in [1.54, 1.807) is 19.4 Å². The number of pyridine rings is 1. The second-order valence-corrected chi connectivity index (χ2v) is 6.67. The molecule has 0 amide bonds. The Morgan fingerprint density at radius 2 is 1.81 bits per heavy atom. The fraction of sp³-hybridized carbons (Fsp3) is 0.667. The van der Waals surface area contributed by atoms with Gasteiger partial charge in [0.05, 0.1) is 24.4 Å². The second kappa shape index (κ2) is 4.88. The summed E-state index contributed by atoms with van der Waals surface area (Å²) in [4.78, 5) is 4.26. The molecule has 2 heterocycles. The molecule has 1 saturated heterocycles. The molecule has 2 fully saturated rings. The first kappa shape index (κ1) is 14.7. The van der Waals surface area contributed by atoms with E-state index in [0.717, 1.165) is 24.1 Å². The Hall–Kier alpha value is -1.27. The topological polar surface area (TPSA) is 49.8 Å². The molecule has 0 aromatic carbocycles. The van der Waals surface area contributed by atoms with Gasteiger partial charge in [-0.05, 0) is 40.5 Å². The quantitative estimate of drug-likeness (QED) is 0.793. The molecule has 2 aliphatic rings. The van der Waals surface area contributed by atoms with Gasteiger partial charge in [-0.1, -0.05) is 0 Å². The first-order valence-corrected chi connectivity index (χ1v) is 7.38. The average Bonchev–Trinajstić information content (AvgIpc) is 3.17. The van der Waals surface area contributed by atoms with Crippen LogP contribution in [0.15, 0.2) is 12.3 Å². The van der Waals surface area contributed by atoms with Crippen LogP contribution in [0.3, 0.4) is 0 Å². The number of aromatic nitrogens is 1. The lowest BCUT2D eigenvalue weighted by molar-refractivity contribution is 0.00578. The fourth-order valence-electron chi connectivity index (χ4n) is 2.16. The summed E-state index contributed by atoms with van der Waals surface area (Å²) in [6.07, 6.45) is 4.19. The van der Waals surface area contributed by atoms with E-state index in [1.165, 1.54) is 0 Å². The maximum atomic E-state index is 6.08. The van der Waals surface area contributed by atoms with Crippen molar-refractivity contribution in [2.45, 2.75) is 57.8 Å². The van der Waals surface area contributed by atoms with E-state index in [4.69, 9.17) is 18.8 Å². The number of methoxy groups -OCH3 is 1. The zero-order chi connectivity index (χ0) is 15.3. The van der Waals surface area contributed by atoms with Gasteiger partial charge in [-0.25, -0.2) is 4.98 Å². The second-order valence-electron chi connectivity index (χ2n) is 6.67. The maximum absolute atomic E-state index is 6.08. The third-order valence-corrected chi connectivity index (χ3v) is 4.40. The third kappa shape index (κ3) is 2.74. The van der Waals surface area contributed by atoms with E-state index in [2.05, 4.69) is 4.98 Å². The minimum Gasteiger partial charge on any atom is -0.491 e. The zero-order valence-electron chi connectivity index (χ0n) is 13.3. The van der Waals surface area contributed by atoms with Crippen molar-refractivity contribution in [3.8, 4) is 11.6 Å². The van der Waals surface area contributed by atoms with Crippen molar-refractivity contribution in [3.05, 3.63) is 12.3 Å². The monoisotopic (exact) mass is 291 g/mol. The minimum atomic E-state index is -0.470.